The molecular formula is C27H31Cl2FN2O3. The predicted octanol–water partition coefficient (Wildman–Crippen LogP) is 5.33. The lowest BCUT2D eigenvalue weighted by molar-refractivity contribution is -0.137. The zero-order valence-corrected chi connectivity index (χ0v) is 21.6. The highest BCUT2D eigenvalue weighted by Gasteiger charge is 2.42. The Morgan fingerprint density at radius 3 is 2.34 bits per heavy atom. The van der Waals surface area contributed by atoms with Crippen LogP contribution < -0.4 is 0 Å². The number of carbonyl (C=O) groups is 2. The SMILES string of the molecule is COC1CCC(C(=O)N2C[C@H](c3ccc(Cl)c(Cl)c3)[C@@H](N(C)C(=O)Cc3ccc(F)cc3)C2)CC1. The van der Waals surface area contributed by atoms with E-state index in [0.29, 0.717) is 23.1 Å². The zero-order chi connectivity index (χ0) is 25.1. The summed E-state index contributed by atoms with van der Waals surface area (Å²) in [6, 6.07) is 11.3. The van der Waals surface area contributed by atoms with E-state index in [1.807, 2.05) is 17.0 Å². The summed E-state index contributed by atoms with van der Waals surface area (Å²) in [5.74, 6) is -0.382. The van der Waals surface area contributed by atoms with Gasteiger partial charge in [-0.2, -0.15) is 0 Å². The molecule has 1 aliphatic carbocycles. The minimum Gasteiger partial charge on any atom is -0.381 e. The van der Waals surface area contributed by atoms with E-state index in [1.165, 1.54) is 12.1 Å². The van der Waals surface area contributed by atoms with Gasteiger partial charge in [-0.15, -0.1) is 0 Å². The first kappa shape index (κ1) is 25.9. The highest BCUT2D eigenvalue weighted by molar-refractivity contribution is 6.42. The first-order valence-electron chi connectivity index (χ1n) is 12.0. The van der Waals surface area contributed by atoms with Gasteiger partial charge in [0.25, 0.3) is 0 Å². The molecule has 1 aliphatic heterocycles. The normalized spacial score (nSPS) is 24.4. The lowest BCUT2D eigenvalue weighted by Gasteiger charge is -2.30. The second-order valence-corrected chi connectivity index (χ2v) is 10.4. The van der Waals surface area contributed by atoms with Gasteiger partial charge in [0.1, 0.15) is 5.82 Å². The molecule has 1 saturated carbocycles. The Kier molecular flexibility index (Phi) is 8.35. The van der Waals surface area contributed by atoms with Crippen LogP contribution in [0.25, 0.3) is 0 Å². The summed E-state index contributed by atoms with van der Waals surface area (Å²) in [6.45, 7) is 0.972. The topological polar surface area (TPSA) is 49.9 Å². The van der Waals surface area contributed by atoms with Crippen molar-refractivity contribution < 1.29 is 18.7 Å². The van der Waals surface area contributed by atoms with Crippen molar-refractivity contribution in [1.29, 1.82) is 0 Å². The maximum Gasteiger partial charge on any atom is 0.227 e. The van der Waals surface area contributed by atoms with Crippen molar-refractivity contribution >= 4 is 35.0 Å². The molecule has 2 fully saturated rings. The molecule has 188 valence electrons. The monoisotopic (exact) mass is 520 g/mol. The Morgan fingerprint density at radius 2 is 1.71 bits per heavy atom. The van der Waals surface area contributed by atoms with Crippen molar-refractivity contribution in [1.82, 2.24) is 9.80 Å². The Balaban J connectivity index is 1.53. The van der Waals surface area contributed by atoms with Crippen LogP contribution in [0.5, 0.6) is 0 Å². The number of halogens is 3. The minimum absolute atomic E-state index is 0.0187. The maximum atomic E-state index is 13.5. The summed E-state index contributed by atoms with van der Waals surface area (Å²) in [7, 11) is 3.50. The molecule has 5 nitrogen and oxygen atoms in total. The van der Waals surface area contributed by atoms with Gasteiger partial charge in [0.2, 0.25) is 11.8 Å². The molecule has 1 saturated heterocycles. The van der Waals surface area contributed by atoms with Gasteiger partial charge in [-0.05, 0) is 61.1 Å². The number of hydrogen-bond acceptors (Lipinski definition) is 3. The van der Waals surface area contributed by atoms with Gasteiger partial charge in [-0.3, -0.25) is 9.59 Å². The predicted molar refractivity (Wildman–Crippen MR) is 135 cm³/mol. The van der Waals surface area contributed by atoms with Crippen LogP contribution in [0.15, 0.2) is 42.5 Å². The molecule has 2 aromatic carbocycles. The van der Waals surface area contributed by atoms with Gasteiger partial charge in [0.15, 0.2) is 0 Å². The second-order valence-electron chi connectivity index (χ2n) is 9.61. The molecule has 8 heteroatoms. The van der Waals surface area contributed by atoms with Crippen LogP contribution >= 0.6 is 23.2 Å². The molecule has 0 bridgehead atoms. The van der Waals surface area contributed by atoms with Gasteiger partial charge >= 0.3 is 0 Å². The Hall–Kier alpha value is -2.15. The summed E-state index contributed by atoms with van der Waals surface area (Å²) in [6.07, 6.45) is 3.79. The van der Waals surface area contributed by atoms with Crippen molar-refractivity contribution in [2.75, 3.05) is 27.2 Å². The van der Waals surface area contributed by atoms with Gasteiger partial charge in [0, 0.05) is 39.1 Å². The molecule has 0 N–H and O–H groups in total. The smallest absolute Gasteiger partial charge is 0.227 e. The Labute approximate surface area is 216 Å². The van der Waals surface area contributed by atoms with E-state index in [0.717, 1.165) is 36.8 Å². The summed E-state index contributed by atoms with van der Waals surface area (Å²) >= 11 is 12.5. The van der Waals surface area contributed by atoms with Gasteiger partial charge < -0.3 is 14.5 Å². The molecule has 35 heavy (non-hydrogen) atoms. The van der Waals surface area contributed by atoms with Crippen molar-refractivity contribution in [3.05, 3.63) is 69.5 Å². The zero-order valence-electron chi connectivity index (χ0n) is 20.1. The number of likely N-dealkylation sites (tertiary alicyclic amines) is 1. The molecule has 2 atom stereocenters. The van der Waals surface area contributed by atoms with E-state index in [-0.39, 0.29) is 48.0 Å². The average Bonchev–Trinajstić information content (AvgIpc) is 3.31. The number of likely N-dealkylation sites (N-methyl/N-ethyl adjacent to an activating group) is 1. The molecule has 0 unspecified atom stereocenters. The lowest BCUT2D eigenvalue weighted by atomic mass is 9.86. The largest absolute Gasteiger partial charge is 0.381 e. The van der Waals surface area contributed by atoms with Crippen LogP contribution in [-0.2, 0) is 20.7 Å². The number of nitrogens with zero attached hydrogens (tertiary/aromatic N) is 2. The highest BCUT2D eigenvalue weighted by atomic mass is 35.5. The van der Waals surface area contributed by atoms with E-state index in [9.17, 15) is 14.0 Å². The number of amides is 2. The van der Waals surface area contributed by atoms with Gasteiger partial charge in [-0.25, -0.2) is 4.39 Å². The number of carbonyl (C=O) groups excluding carboxylic acids is 2. The quantitative estimate of drug-likeness (QED) is 0.516. The van der Waals surface area contributed by atoms with Crippen LogP contribution in [-0.4, -0.2) is 61.0 Å². The van der Waals surface area contributed by atoms with Crippen LogP contribution in [0.1, 0.15) is 42.7 Å². The number of rotatable bonds is 6. The number of benzene rings is 2. The van der Waals surface area contributed by atoms with Crippen LogP contribution in [0.2, 0.25) is 10.0 Å². The Morgan fingerprint density at radius 1 is 1.03 bits per heavy atom. The molecule has 0 spiro atoms. The fraction of sp³-hybridized carbons (Fsp3) is 0.481. The third kappa shape index (κ3) is 5.99. The van der Waals surface area contributed by atoms with Crippen LogP contribution in [0.4, 0.5) is 4.39 Å². The first-order chi connectivity index (χ1) is 16.8. The van der Waals surface area contributed by atoms with E-state index in [1.54, 1.807) is 37.3 Å². The lowest BCUT2D eigenvalue weighted by Crippen LogP contribution is -2.43. The second kappa shape index (κ2) is 11.3. The van der Waals surface area contributed by atoms with Gasteiger partial charge in [0.05, 0.1) is 28.6 Å². The third-order valence-electron chi connectivity index (χ3n) is 7.49. The molecular weight excluding hydrogens is 490 g/mol. The van der Waals surface area contributed by atoms with E-state index in [2.05, 4.69) is 0 Å². The minimum atomic E-state index is -0.335. The summed E-state index contributed by atoms with van der Waals surface area (Å²) in [5, 5.41) is 0.916. The van der Waals surface area contributed by atoms with Crippen molar-refractivity contribution in [3.8, 4) is 0 Å². The number of hydrogen-bond donors (Lipinski definition) is 0. The summed E-state index contributed by atoms with van der Waals surface area (Å²) < 4.78 is 18.7. The molecule has 4 rings (SSSR count). The molecule has 0 aromatic heterocycles. The van der Waals surface area contributed by atoms with Crippen LogP contribution in [0.3, 0.4) is 0 Å². The van der Waals surface area contributed by atoms with Crippen LogP contribution in [0, 0.1) is 11.7 Å². The number of methoxy groups -OCH3 is 1. The van der Waals surface area contributed by atoms with E-state index in [4.69, 9.17) is 27.9 Å². The third-order valence-corrected chi connectivity index (χ3v) is 8.23. The van der Waals surface area contributed by atoms with Crippen molar-refractivity contribution in [2.24, 2.45) is 5.92 Å². The maximum absolute atomic E-state index is 13.5. The molecule has 0 radical (unpaired) electrons. The fourth-order valence-electron chi connectivity index (χ4n) is 5.32. The fourth-order valence-corrected chi connectivity index (χ4v) is 5.63. The standard InChI is InChI=1S/C27H31Cl2FN2O3/c1-31(26(33)13-17-3-8-20(30)9-4-17)25-16-32(27(34)18-5-10-21(35-2)11-6-18)15-22(25)19-7-12-23(28)24(29)14-19/h3-4,7-9,12,14,18,21-22,25H,5-6,10-11,13,15-16H2,1-2H3/t18?,21?,22-,25+/m1/s1. The van der Waals surface area contributed by atoms with E-state index < -0.39 is 0 Å². The summed E-state index contributed by atoms with van der Waals surface area (Å²) in [4.78, 5) is 30.3. The number of ether oxygens (including phenoxy) is 1. The summed E-state index contributed by atoms with van der Waals surface area (Å²) in [5.41, 5.74) is 1.69. The van der Waals surface area contributed by atoms with E-state index >= 15 is 0 Å². The van der Waals surface area contributed by atoms with Crippen molar-refractivity contribution in [3.63, 3.8) is 0 Å². The molecule has 2 aliphatic rings. The highest BCUT2D eigenvalue weighted by Crippen LogP contribution is 2.36. The molecule has 2 aromatic rings. The van der Waals surface area contributed by atoms with Crippen molar-refractivity contribution in [2.45, 2.75) is 50.2 Å². The molecule has 1 heterocycles. The molecule has 2 amide bonds. The van der Waals surface area contributed by atoms with Gasteiger partial charge in [-0.1, -0.05) is 41.4 Å². The Bertz CT molecular complexity index is 1060. The average molecular weight is 521 g/mol. The first-order valence-corrected chi connectivity index (χ1v) is 12.8.